The molecular weight excluding hydrogens is 402 g/mol. The van der Waals surface area contributed by atoms with Crippen molar-refractivity contribution in [2.45, 2.75) is 65.2 Å². The van der Waals surface area contributed by atoms with Crippen molar-refractivity contribution in [3.8, 4) is 0 Å². The molecule has 0 nitrogen and oxygen atoms in total. The van der Waals surface area contributed by atoms with Crippen LogP contribution in [-0.4, -0.2) is 31.6 Å². The van der Waals surface area contributed by atoms with Crippen molar-refractivity contribution < 1.29 is 34.0 Å². The molecule has 0 saturated carbocycles. The van der Waals surface area contributed by atoms with Crippen LogP contribution in [-0.2, 0) is 0 Å². The van der Waals surface area contributed by atoms with E-state index in [1.54, 1.807) is 18.2 Å². The summed E-state index contributed by atoms with van der Waals surface area (Å²) in [6.45, 7) is 9.77. The molecule has 0 aromatic rings. The second-order valence-corrected chi connectivity index (χ2v) is 12.0. The third-order valence-electron chi connectivity index (χ3n) is 3.52. The number of hydrogen-bond donors (Lipinski definition) is 0. The fourth-order valence-corrected chi connectivity index (χ4v) is 9.64. The van der Waals surface area contributed by atoms with Crippen molar-refractivity contribution in [2.24, 2.45) is 0 Å². The average molecular weight is 438 g/mol. The first-order chi connectivity index (χ1) is 8.20. The van der Waals surface area contributed by atoms with Crippen molar-refractivity contribution in [2.75, 3.05) is 31.6 Å². The van der Waals surface area contributed by atoms with E-state index in [0.717, 1.165) is 0 Å². The number of halogens is 2. The standard InChI is InChI=1S/C15H34P2.2BrH/c1-5-7-9-11-13-16(3)15-17(4)14-12-10-8-6-2;;/h5-15H2,1-4H3;2*1H. The molecule has 19 heavy (non-hydrogen) atoms. The molecule has 0 saturated heterocycles. The second kappa shape index (κ2) is 19.8. The lowest BCUT2D eigenvalue weighted by molar-refractivity contribution is -0.00100. The lowest BCUT2D eigenvalue weighted by Crippen LogP contribution is -3.00. The molecule has 0 aromatic heterocycles. The van der Waals surface area contributed by atoms with E-state index in [1.165, 1.54) is 51.4 Å². The minimum absolute atomic E-state index is 0. The molecule has 0 radical (unpaired) electrons. The number of rotatable bonds is 12. The minimum atomic E-state index is 0. The van der Waals surface area contributed by atoms with E-state index in [1.807, 2.05) is 0 Å². The van der Waals surface area contributed by atoms with Gasteiger partial charge in [0.25, 0.3) is 0 Å². The van der Waals surface area contributed by atoms with Crippen LogP contribution >= 0.6 is 15.8 Å². The Kier molecular flexibility index (Phi) is 26.9. The maximum Gasteiger partial charge on any atom is 0.154 e. The summed E-state index contributed by atoms with van der Waals surface area (Å²) in [5.74, 6) is 1.66. The number of unbranched alkanes of at least 4 members (excludes halogenated alkanes) is 6. The molecule has 2 atom stereocenters. The minimum Gasteiger partial charge on any atom is -1.00 e. The van der Waals surface area contributed by atoms with E-state index in [-0.39, 0.29) is 49.8 Å². The van der Waals surface area contributed by atoms with E-state index in [4.69, 9.17) is 0 Å². The normalized spacial score (nSPS) is 13.3. The summed E-state index contributed by atoms with van der Waals surface area (Å²) < 4.78 is 0. The zero-order valence-electron chi connectivity index (χ0n) is 13.5. The van der Waals surface area contributed by atoms with Gasteiger partial charge in [-0.15, -0.1) is 0 Å². The third kappa shape index (κ3) is 19.8. The highest BCUT2D eigenvalue weighted by atomic mass is 79.9. The Hall–Kier alpha value is 1.82. The van der Waals surface area contributed by atoms with Crippen LogP contribution in [0, 0.1) is 0 Å². The Morgan fingerprint density at radius 3 is 1.26 bits per heavy atom. The van der Waals surface area contributed by atoms with Gasteiger partial charge in [-0.25, -0.2) is 0 Å². The fraction of sp³-hybridized carbons (Fsp3) is 1.00. The summed E-state index contributed by atoms with van der Waals surface area (Å²) in [4.78, 5) is 0. The molecule has 0 aliphatic heterocycles. The van der Waals surface area contributed by atoms with Gasteiger partial charge in [0.1, 0.15) is 0 Å². The SMILES string of the molecule is CCCCCC[PH+](C)C[PH+](C)CCCCCC.[Br-].[Br-]. The van der Waals surface area contributed by atoms with Crippen LogP contribution < -0.4 is 34.0 Å². The maximum absolute atomic E-state index is 2.58. The van der Waals surface area contributed by atoms with Gasteiger partial charge in [-0.2, -0.15) is 0 Å². The Morgan fingerprint density at radius 1 is 0.579 bits per heavy atom. The van der Waals surface area contributed by atoms with Crippen LogP contribution in [0.5, 0.6) is 0 Å². The molecule has 0 N–H and O–H groups in total. The molecule has 0 heterocycles. The van der Waals surface area contributed by atoms with E-state index in [2.05, 4.69) is 27.2 Å². The monoisotopic (exact) mass is 436 g/mol. The van der Waals surface area contributed by atoms with E-state index >= 15 is 0 Å². The summed E-state index contributed by atoms with van der Waals surface area (Å²) in [6.07, 6.45) is 14.8. The first-order valence-electron chi connectivity index (χ1n) is 7.83. The zero-order valence-corrected chi connectivity index (χ0v) is 18.7. The van der Waals surface area contributed by atoms with Crippen LogP contribution in [0.2, 0.25) is 0 Å². The summed E-state index contributed by atoms with van der Waals surface area (Å²) in [5.41, 5.74) is 0. The molecule has 120 valence electrons. The van der Waals surface area contributed by atoms with Gasteiger partial charge in [0.2, 0.25) is 0 Å². The predicted molar refractivity (Wildman–Crippen MR) is 91.4 cm³/mol. The van der Waals surface area contributed by atoms with E-state index < -0.39 is 0 Å². The van der Waals surface area contributed by atoms with E-state index in [0.29, 0.717) is 0 Å². The zero-order chi connectivity index (χ0) is 12.9. The Balaban J connectivity index is -0.00000128. The molecule has 0 spiro atoms. The molecule has 0 aliphatic rings. The average Bonchev–Trinajstić information content (AvgIpc) is 2.30. The Bertz CT molecular complexity index is 141. The number of hydrogen-bond acceptors (Lipinski definition) is 0. The molecule has 0 aromatic carbocycles. The van der Waals surface area contributed by atoms with Crippen molar-refractivity contribution >= 4 is 15.8 Å². The maximum atomic E-state index is 2.58. The van der Waals surface area contributed by atoms with Crippen LogP contribution in [0.25, 0.3) is 0 Å². The van der Waals surface area contributed by atoms with Gasteiger partial charge in [-0.05, 0) is 25.7 Å². The highest BCUT2D eigenvalue weighted by molar-refractivity contribution is 7.73. The summed E-state index contributed by atoms with van der Waals surface area (Å²) in [5, 5.41) is 0. The summed E-state index contributed by atoms with van der Waals surface area (Å²) in [6, 6.07) is 0. The first-order valence-corrected chi connectivity index (χ1v) is 12.7. The molecular formula is C15H36Br2P2. The molecule has 0 rings (SSSR count). The third-order valence-corrected chi connectivity index (χ3v) is 10.8. The van der Waals surface area contributed by atoms with Gasteiger partial charge in [-0.1, -0.05) is 39.5 Å². The van der Waals surface area contributed by atoms with Gasteiger partial charge < -0.3 is 34.0 Å². The van der Waals surface area contributed by atoms with Crippen molar-refractivity contribution in [3.05, 3.63) is 0 Å². The molecule has 4 heteroatoms. The molecule has 2 unspecified atom stereocenters. The van der Waals surface area contributed by atoms with Crippen LogP contribution in [0.15, 0.2) is 0 Å². The van der Waals surface area contributed by atoms with Gasteiger partial charge in [0, 0.05) is 15.8 Å². The van der Waals surface area contributed by atoms with Gasteiger partial charge in [-0.3, -0.25) is 0 Å². The second-order valence-electron chi connectivity index (χ2n) is 5.71. The van der Waals surface area contributed by atoms with Gasteiger partial charge >= 0.3 is 0 Å². The quantitative estimate of drug-likeness (QED) is 0.293. The molecule has 0 aliphatic carbocycles. The lowest BCUT2D eigenvalue weighted by atomic mass is 10.2. The van der Waals surface area contributed by atoms with Crippen molar-refractivity contribution in [3.63, 3.8) is 0 Å². The van der Waals surface area contributed by atoms with Gasteiger partial charge in [0.05, 0.1) is 25.7 Å². The van der Waals surface area contributed by atoms with Gasteiger partial charge in [0.15, 0.2) is 5.90 Å². The molecule has 0 fully saturated rings. The highest BCUT2D eigenvalue weighted by Gasteiger charge is 2.18. The topological polar surface area (TPSA) is 0 Å². The largest absolute Gasteiger partial charge is 1.00 e. The van der Waals surface area contributed by atoms with Crippen LogP contribution in [0.4, 0.5) is 0 Å². The summed E-state index contributed by atoms with van der Waals surface area (Å²) >= 11 is 0. The molecule has 0 bridgehead atoms. The van der Waals surface area contributed by atoms with E-state index in [9.17, 15) is 0 Å². The van der Waals surface area contributed by atoms with Crippen LogP contribution in [0.3, 0.4) is 0 Å². The lowest BCUT2D eigenvalue weighted by Gasteiger charge is -2.07. The summed E-state index contributed by atoms with van der Waals surface area (Å²) in [7, 11) is 0.0680. The Labute approximate surface area is 146 Å². The highest BCUT2D eigenvalue weighted by Crippen LogP contribution is 2.47. The predicted octanol–water partition coefficient (Wildman–Crippen LogP) is -0.199. The Morgan fingerprint density at radius 2 is 0.947 bits per heavy atom. The van der Waals surface area contributed by atoms with Crippen LogP contribution in [0.1, 0.15) is 65.2 Å². The fourth-order valence-electron chi connectivity index (χ4n) is 2.40. The smallest absolute Gasteiger partial charge is 0.154 e. The van der Waals surface area contributed by atoms with Crippen molar-refractivity contribution in [1.29, 1.82) is 0 Å². The van der Waals surface area contributed by atoms with Crippen molar-refractivity contribution in [1.82, 2.24) is 0 Å². The molecule has 0 amide bonds. The first kappa shape index (κ1) is 25.8.